The standard InChI is InChI=1S/C15H26N2O2/c1-12(2)7-4-5-9-16-13(3)15(18)17-11-14-8-6-10-19-14/h6,8,10,12-13,16H,4-5,7,9,11H2,1-3H3,(H,17,18). The number of rotatable bonds is 9. The van der Waals surface area contributed by atoms with Crippen LogP contribution in [0.3, 0.4) is 0 Å². The lowest BCUT2D eigenvalue weighted by molar-refractivity contribution is -0.123. The van der Waals surface area contributed by atoms with E-state index in [1.165, 1.54) is 12.8 Å². The molecule has 0 aliphatic heterocycles. The predicted molar refractivity (Wildman–Crippen MR) is 76.7 cm³/mol. The van der Waals surface area contributed by atoms with E-state index in [2.05, 4.69) is 24.5 Å². The molecule has 1 aromatic heterocycles. The van der Waals surface area contributed by atoms with E-state index in [9.17, 15) is 4.79 Å². The highest BCUT2D eigenvalue weighted by molar-refractivity contribution is 5.81. The Balaban J connectivity index is 2.08. The molecule has 1 rings (SSSR count). The molecule has 0 aromatic carbocycles. The van der Waals surface area contributed by atoms with Crippen molar-refractivity contribution >= 4 is 5.91 Å². The van der Waals surface area contributed by atoms with Gasteiger partial charge in [0.1, 0.15) is 5.76 Å². The third-order valence-electron chi connectivity index (χ3n) is 3.07. The van der Waals surface area contributed by atoms with Gasteiger partial charge in [-0.3, -0.25) is 4.79 Å². The molecule has 0 saturated heterocycles. The summed E-state index contributed by atoms with van der Waals surface area (Å²) >= 11 is 0. The summed E-state index contributed by atoms with van der Waals surface area (Å²) < 4.78 is 5.16. The fourth-order valence-electron chi connectivity index (χ4n) is 1.83. The molecule has 0 aliphatic rings. The van der Waals surface area contributed by atoms with Gasteiger partial charge < -0.3 is 15.1 Å². The van der Waals surface area contributed by atoms with Gasteiger partial charge in [0.05, 0.1) is 18.8 Å². The molecular weight excluding hydrogens is 240 g/mol. The molecule has 2 N–H and O–H groups in total. The SMILES string of the molecule is CC(C)CCCCNC(C)C(=O)NCc1ccco1. The third-order valence-corrected chi connectivity index (χ3v) is 3.07. The molecule has 108 valence electrons. The van der Waals surface area contributed by atoms with Crippen LogP contribution in [0.15, 0.2) is 22.8 Å². The number of carbonyl (C=O) groups is 1. The zero-order valence-electron chi connectivity index (χ0n) is 12.2. The van der Waals surface area contributed by atoms with Crippen molar-refractivity contribution in [1.82, 2.24) is 10.6 Å². The van der Waals surface area contributed by atoms with Gasteiger partial charge in [0.25, 0.3) is 0 Å². The van der Waals surface area contributed by atoms with Crippen molar-refractivity contribution in [3.8, 4) is 0 Å². The van der Waals surface area contributed by atoms with Crippen molar-refractivity contribution in [3.05, 3.63) is 24.2 Å². The number of hydrogen-bond acceptors (Lipinski definition) is 3. The summed E-state index contributed by atoms with van der Waals surface area (Å²) in [5, 5.41) is 6.09. The van der Waals surface area contributed by atoms with Crippen LogP contribution in [-0.2, 0) is 11.3 Å². The minimum Gasteiger partial charge on any atom is -0.467 e. The van der Waals surface area contributed by atoms with E-state index in [1.807, 2.05) is 19.1 Å². The normalized spacial score (nSPS) is 12.6. The van der Waals surface area contributed by atoms with Gasteiger partial charge >= 0.3 is 0 Å². The molecule has 4 nitrogen and oxygen atoms in total. The molecule has 0 saturated carbocycles. The minimum absolute atomic E-state index is 0.0141. The maximum atomic E-state index is 11.8. The number of furan rings is 1. The second-order valence-electron chi connectivity index (χ2n) is 5.36. The Kier molecular flexibility index (Phi) is 7.26. The largest absolute Gasteiger partial charge is 0.467 e. The van der Waals surface area contributed by atoms with E-state index < -0.39 is 0 Å². The Morgan fingerprint density at radius 1 is 1.32 bits per heavy atom. The van der Waals surface area contributed by atoms with Crippen molar-refractivity contribution in [2.24, 2.45) is 5.92 Å². The molecule has 0 aliphatic carbocycles. The van der Waals surface area contributed by atoms with E-state index >= 15 is 0 Å². The average Bonchev–Trinajstić information content (AvgIpc) is 2.88. The van der Waals surface area contributed by atoms with Crippen LogP contribution in [0.5, 0.6) is 0 Å². The van der Waals surface area contributed by atoms with Gasteiger partial charge in [0.15, 0.2) is 0 Å². The summed E-state index contributed by atoms with van der Waals surface area (Å²) in [7, 11) is 0. The van der Waals surface area contributed by atoms with E-state index in [4.69, 9.17) is 4.42 Å². The summed E-state index contributed by atoms with van der Waals surface area (Å²) in [6.07, 6.45) is 5.19. The first-order valence-electron chi connectivity index (χ1n) is 7.13. The second-order valence-corrected chi connectivity index (χ2v) is 5.36. The van der Waals surface area contributed by atoms with E-state index in [1.54, 1.807) is 6.26 Å². The molecule has 1 atom stereocenters. The summed E-state index contributed by atoms with van der Waals surface area (Å²) in [6, 6.07) is 3.51. The lowest BCUT2D eigenvalue weighted by Gasteiger charge is -2.13. The van der Waals surface area contributed by atoms with Crippen molar-refractivity contribution in [3.63, 3.8) is 0 Å². The lowest BCUT2D eigenvalue weighted by atomic mass is 10.1. The topological polar surface area (TPSA) is 54.3 Å². The van der Waals surface area contributed by atoms with Crippen LogP contribution >= 0.6 is 0 Å². The van der Waals surface area contributed by atoms with Crippen molar-refractivity contribution < 1.29 is 9.21 Å². The van der Waals surface area contributed by atoms with Gasteiger partial charge in [0.2, 0.25) is 5.91 Å². The highest BCUT2D eigenvalue weighted by atomic mass is 16.3. The Morgan fingerprint density at radius 2 is 2.11 bits per heavy atom. The van der Waals surface area contributed by atoms with Gasteiger partial charge in [0, 0.05) is 0 Å². The fourth-order valence-corrected chi connectivity index (χ4v) is 1.83. The first-order chi connectivity index (χ1) is 9.09. The summed E-state index contributed by atoms with van der Waals surface area (Å²) in [5.41, 5.74) is 0. The quantitative estimate of drug-likeness (QED) is 0.676. The summed E-state index contributed by atoms with van der Waals surface area (Å²) in [5.74, 6) is 1.55. The Labute approximate surface area is 116 Å². The number of carbonyl (C=O) groups excluding carboxylic acids is 1. The molecule has 19 heavy (non-hydrogen) atoms. The fraction of sp³-hybridized carbons (Fsp3) is 0.667. The van der Waals surface area contributed by atoms with Gasteiger partial charge in [-0.05, 0) is 37.9 Å². The molecule has 0 spiro atoms. The molecule has 0 fully saturated rings. The van der Waals surface area contributed by atoms with Gasteiger partial charge in [-0.1, -0.05) is 26.7 Å². The summed E-state index contributed by atoms with van der Waals surface area (Å²) in [6.45, 7) is 7.70. The second kappa shape index (κ2) is 8.75. The molecule has 1 amide bonds. The predicted octanol–water partition coefficient (Wildman–Crippen LogP) is 2.70. The molecule has 0 bridgehead atoms. The van der Waals surface area contributed by atoms with Crippen LogP contribution < -0.4 is 10.6 Å². The smallest absolute Gasteiger partial charge is 0.237 e. The zero-order chi connectivity index (χ0) is 14.1. The first kappa shape index (κ1) is 15.8. The number of hydrogen-bond donors (Lipinski definition) is 2. The van der Waals surface area contributed by atoms with Crippen LogP contribution in [0.4, 0.5) is 0 Å². The molecule has 0 radical (unpaired) electrons. The summed E-state index contributed by atoms with van der Waals surface area (Å²) in [4.78, 5) is 11.8. The number of amides is 1. The van der Waals surface area contributed by atoms with E-state index in [0.717, 1.165) is 24.6 Å². The highest BCUT2D eigenvalue weighted by Crippen LogP contribution is 2.05. The van der Waals surface area contributed by atoms with Crippen molar-refractivity contribution in [2.75, 3.05) is 6.54 Å². The Bertz CT molecular complexity index is 347. The molecular formula is C15H26N2O2. The van der Waals surface area contributed by atoms with Crippen LogP contribution in [0.2, 0.25) is 0 Å². The van der Waals surface area contributed by atoms with Crippen LogP contribution in [0.1, 0.15) is 45.8 Å². The van der Waals surface area contributed by atoms with Crippen molar-refractivity contribution in [2.45, 2.75) is 52.6 Å². The molecule has 1 heterocycles. The lowest BCUT2D eigenvalue weighted by Crippen LogP contribution is -2.42. The highest BCUT2D eigenvalue weighted by Gasteiger charge is 2.11. The van der Waals surface area contributed by atoms with E-state index in [0.29, 0.717) is 6.54 Å². The van der Waals surface area contributed by atoms with Gasteiger partial charge in [-0.25, -0.2) is 0 Å². The Morgan fingerprint density at radius 3 is 2.74 bits per heavy atom. The maximum absolute atomic E-state index is 11.8. The third kappa shape index (κ3) is 7.01. The van der Waals surface area contributed by atoms with Gasteiger partial charge in [-0.15, -0.1) is 0 Å². The maximum Gasteiger partial charge on any atom is 0.237 e. The molecule has 1 unspecified atom stereocenters. The number of unbranched alkanes of at least 4 members (excludes halogenated alkanes) is 1. The zero-order valence-corrected chi connectivity index (χ0v) is 12.2. The average molecular weight is 266 g/mol. The Hall–Kier alpha value is -1.29. The number of nitrogens with one attached hydrogen (secondary N) is 2. The first-order valence-corrected chi connectivity index (χ1v) is 7.13. The molecule has 4 heteroatoms. The van der Waals surface area contributed by atoms with Crippen LogP contribution in [0.25, 0.3) is 0 Å². The van der Waals surface area contributed by atoms with Gasteiger partial charge in [-0.2, -0.15) is 0 Å². The monoisotopic (exact) mass is 266 g/mol. The van der Waals surface area contributed by atoms with Crippen LogP contribution in [0, 0.1) is 5.92 Å². The molecule has 1 aromatic rings. The van der Waals surface area contributed by atoms with Crippen LogP contribution in [-0.4, -0.2) is 18.5 Å². The minimum atomic E-state index is -0.158. The van der Waals surface area contributed by atoms with E-state index in [-0.39, 0.29) is 11.9 Å². The van der Waals surface area contributed by atoms with Crippen molar-refractivity contribution in [1.29, 1.82) is 0 Å².